The Kier molecular flexibility index (Phi) is 3.45. The van der Waals surface area contributed by atoms with Gasteiger partial charge in [-0.3, -0.25) is 4.79 Å². The summed E-state index contributed by atoms with van der Waals surface area (Å²) in [6.45, 7) is 1.62. The number of aryl methyl sites for hydroxylation is 2. The Hall–Kier alpha value is -2.10. The van der Waals surface area contributed by atoms with Gasteiger partial charge in [-0.15, -0.1) is 0 Å². The highest BCUT2D eigenvalue weighted by Gasteiger charge is 2.27. The number of H-pyrrole nitrogens is 1. The van der Waals surface area contributed by atoms with Gasteiger partial charge in [0.1, 0.15) is 5.82 Å². The number of piperidine rings is 1. The monoisotopic (exact) mass is 295 g/mol. The van der Waals surface area contributed by atoms with E-state index in [0.29, 0.717) is 5.92 Å². The van der Waals surface area contributed by atoms with E-state index in [1.807, 2.05) is 17.2 Å². The van der Waals surface area contributed by atoms with Crippen molar-refractivity contribution in [3.63, 3.8) is 0 Å². The Morgan fingerprint density at radius 3 is 3.00 bits per heavy atom. The van der Waals surface area contributed by atoms with Gasteiger partial charge in [-0.1, -0.05) is 6.07 Å². The lowest BCUT2D eigenvalue weighted by Gasteiger charge is -2.32. The summed E-state index contributed by atoms with van der Waals surface area (Å²) < 4.78 is 0. The number of benzene rings is 1. The number of nitrogens with one attached hydrogen (secondary N) is 1. The van der Waals surface area contributed by atoms with Crippen molar-refractivity contribution in [1.82, 2.24) is 14.9 Å². The minimum atomic E-state index is 0.172. The van der Waals surface area contributed by atoms with E-state index in [-0.39, 0.29) is 5.91 Å². The topological polar surface area (TPSA) is 49.0 Å². The molecule has 1 aliphatic carbocycles. The van der Waals surface area contributed by atoms with E-state index >= 15 is 0 Å². The standard InChI is InChI=1S/C18H21N3O/c22-18(15-7-6-13-3-1-4-14(13)11-15)21-10-2-5-16(12-21)17-19-8-9-20-17/h6-9,11,16H,1-5,10,12H2,(H,19,20)/t16-/m0/s1. The largest absolute Gasteiger partial charge is 0.348 e. The molecule has 0 unspecified atom stereocenters. The molecule has 1 aromatic carbocycles. The molecule has 0 spiro atoms. The van der Waals surface area contributed by atoms with E-state index < -0.39 is 0 Å². The van der Waals surface area contributed by atoms with Crippen molar-refractivity contribution < 1.29 is 4.79 Å². The highest BCUT2D eigenvalue weighted by atomic mass is 16.2. The average molecular weight is 295 g/mol. The molecule has 1 atom stereocenters. The van der Waals surface area contributed by atoms with Crippen LogP contribution < -0.4 is 0 Å². The second kappa shape index (κ2) is 5.59. The molecule has 1 saturated heterocycles. The number of likely N-dealkylation sites (tertiary alicyclic amines) is 1. The van der Waals surface area contributed by atoms with Gasteiger partial charge in [0.25, 0.3) is 5.91 Å². The number of carbonyl (C=O) groups excluding carboxylic acids is 1. The molecule has 2 aromatic rings. The van der Waals surface area contributed by atoms with Crippen molar-refractivity contribution in [2.45, 2.75) is 38.0 Å². The van der Waals surface area contributed by atoms with Gasteiger partial charge in [0.15, 0.2) is 0 Å². The Morgan fingerprint density at radius 2 is 2.14 bits per heavy atom. The zero-order chi connectivity index (χ0) is 14.9. The average Bonchev–Trinajstić information content (AvgIpc) is 3.25. The third-order valence-corrected chi connectivity index (χ3v) is 4.96. The van der Waals surface area contributed by atoms with Crippen LogP contribution in [0.3, 0.4) is 0 Å². The molecule has 1 amide bonds. The van der Waals surface area contributed by atoms with Crippen molar-refractivity contribution >= 4 is 5.91 Å². The highest BCUT2D eigenvalue weighted by molar-refractivity contribution is 5.94. The Balaban J connectivity index is 1.52. The number of rotatable bonds is 2. The van der Waals surface area contributed by atoms with E-state index in [4.69, 9.17) is 0 Å². The van der Waals surface area contributed by atoms with E-state index in [1.54, 1.807) is 6.20 Å². The maximum atomic E-state index is 12.8. The molecule has 22 heavy (non-hydrogen) atoms. The molecule has 1 aliphatic heterocycles. The second-order valence-electron chi connectivity index (χ2n) is 6.40. The number of hydrogen-bond acceptors (Lipinski definition) is 2. The molecule has 4 nitrogen and oxygen atoms in total. The van der Waals surface area contributed by atoms with Gasteiger partial charge in [0, 0.05) is 37.0 Å². The molecule has 1 fully saturated rings. The third-order valence-electron chi connectivity index (χ3n) is 4.96. The zero-order valence-electron chi connectivity index (χ0n) is 12.7. The fourth-order valence-corrected chi connectivity index (χ4v) is 3.77. The molecule has 4 rings (SSSR count). The number of carbonyl (C=O) groups is 1. The van der Waals surface area contributed by atoms with E-state index in [9.17, 15) is 4.79 Å². The van der Waals surface area contributed by atoms with Gasteiger partial charge in [-0.05, 0) is 55.4 Å². The Bertz CT molecular complexity index is 678. The van der Waals surface area contributed by atoms with Crippen LogP contribution in [0.15, 0.2) is 30.6 Å². The summed E-state index contributed by atoms with van der Waals surface area (Å²) in [5.41, 5.74) is 3.63. The molecule has 2 aliphatic rings. The van der Waals surface area contributed by atoms with Crippen LogP contribution >= 0.6 is 0 Å². The number of amides is 1. The molecule has 0 saturated carbocycles. The van der Waals surface area contributed by atoms with Gasteiger partial charge < -0.3 is 9.88 Å². The van der Waals surface area contributed by atoms with Crippen molar-refractivity contribution in [3.8, 4) is 0 Å². The molecular formula is C18H21N3O. The SMILES string of the molecule is O=C(c1ccc2c(c1)CCC2)N1CCC[C@H](c2ncc[nH]2)C1. The van der Waals surface area contributed by atoms with Crippen LogP contribution in [0, 0.1) is 0 Å². The lowest BCUT2D eigenvalue weighted by atomic mass is 9.96. The molecular weight excluding hydrogens is 274 g/mol. The van der Waals surface area contributed by atoms with Gasteiger partial charge in [0.05, 0.1) is 0 Å². The summed E-state index contributed by atoms with van der Waals surface area (Å²) in [6.07, 6.45) is 9.29. The van der Waals surface area contributed by atoms with Gasteiger partial charge in [0.2, 0.25) is 0 Å². The molecule has 1 aromatic heterocycles. The van der Waals surface area contributed by atoms with Crippen molar-refractivity contribution in [1.29, 1.82) is 0 Å². The molecule has 0 bridgehead atoms. The van der Waals surface area contributed by atoms with E-state index in [1.165, 1.54) is 17.5 Å². The predicted octanol–water partition coefficient (Wildman–Crippen LogP) is 2.92. The Morgan fingerprint density at radius 1 is 1.23 bits per heavy atom. The minimum absolute atomic E-state index is 0.172. The molecule has 114 valence electrons. The number of nitrogens with zero attached hydrogens (tertiary/aromatic N) is 2. The summed E-state index contributed by atoms with van der Waals surface area (Å²) in [4.78, 5) is 22.4. The van der Waals surface area contributed by atoms with Gasteiger partial charge in [-0.2, -0.15) is 0 Å². The van der Waals surface area contributed by atoms with Crippen LogP contribution in [0.4, 0.5) is 0 Å². The normalized spacial score (nSPS) is 20.9. The van der Waals surface area contributed by atoms with Crippen LogP contribution in [0.1, 0.15) is 52.5 Å². The molecule has 1 N–H and O–H groups in total. The lowest BCUT2D eigenvalue weighted by Crippen LogP contribution is -2.39. The molecule has 2 heterocycles. The first-order valence-electron chi connectivity index (χ1n) is 8.21. The van der Waals surface area contributed by atoms with Crippen LogP contribution in [0.2, 0.25) is 0 Å². The minimum Gasteiger partial charge on any atom is -0.348 e. The summed E-state index contributed by atoms with van der Waals surface area (Å²) in [5.74, 6) is 1.51. The third kappa shape index (κ3) is 2.43. The van der Waals surface area contributed by atoms with Crippen LogP contribution in [-0.2, 0) is 12.8 Å². The van der Waals surface area contributed by atoms with Crippen LogP contribution in [-0.4, -0.2) is 33.9 Å². The number of aromatic nitrogens is 2. The number of aromatic amines is 1. The number of fused-ring (bicyclic) bond motifs is 1. The fourth-order valence-electron chi connectivity index (χ4n) is 3.77. The number of hydrogen-bond donors (Lipinski definition) is 1. The summed E-state index contributed by atoms with van der Waals surface area (Å²) >= 11 is 0. The van der Waals surface area contributed by atoms with Gasteiger partial charge in [-0.25, -0.2) is 4.98 Å². The van der Waals surface area contributed by atoms with Crippen molar-refractivity contribution in [2.24, 2.45) is 0 Å². The first-order chi connectivity index (χ1) is 10.8. The summed E-state index contributed by atoms with van der Waals surface area (Å²) in [5, 5.41) is 0. The summed E-state index contributed by atoms with van der Waals surface area (Å²) in [7, 11) is 0. The van der Waals surface area contributed by atoms with E-state index in [2.05, 4.69) is 22.1 Å². The second-order valence-corrected chi connectivity index (χ2v) is 6.40. The molecule has 4 heteroatoms. The van der Waals surface area contributed by atoms with Crippen molar-refractivity contribution in [3.05, 3.63) is 53.1 Å². The lowest BCUT2D eigenvalue weighted by molar-refractivity contribution is 0.0704. The van der Waals surface area contributed by atoms with Crippen molar-refractivity contribution in [2.75, 3.05) is 13.1 Å². The van der Waals surface area contributed by atoms with E-state index in [0.717, 1.165) is 50.2 Å². The maximum Gasteiger partial charge on any atom is 0.253 e. The van der Waals surface area contributed by atoms with Gasteiger partial charge >= 0.3 is 0 Å². The maximum absolute atomic E-state index is 12.8. The highest BCUT2D eigenvalue weighted by Crippen LogP contribution is 2.27. The first-order valence-corrected chi connectivity index (χ1v) is 8.21. The molecule has 0 radical (unpaired) electrons. The summed E-state index contributed by atoms with van der Waals surface area (Å²) in [6, 6.07) is 6.26. The fraction of sp³-hybridized carbons (Fsp3) is 0.444. The zero-order valence-corrected chi connectivity index (χ0v) is 12.7. The predicted molar refractivity (Wildman–Crippen MR) is 84.9 cm³/mol. The number of imidazole rings is 1. The quantitative estimate of drug-likeness (QED) is 0.926. The smallest absolute Gasteiger partial charge is 0.253 e. The van der Waals surface area contributed by atoms with Crippen LogP contribution in [0.25, 0.3) is 0 Å². The Labute approximate surface area is 130 Å². The van der Waals surface area contributed by atoms with Crippen LogP contribution in [0.5, 0.6) is 0 Å². The first kappa shape index (κ1) is 13.6.